The van der Waals surface area contributed by atoms with Gasteiger partial charge in [-0.3, -0.25) is 4.79 Å². The van der Waals surface area contributed by atoms with Crippen molar-refractivity contribution in [2.24, 2.45) is 0 Å². The molecule has 3 rings (SSSR count). The number of thioether (sulfide) groups is 1. The number of carbonyl (C=O) groups excluding carboxylic acids is 2. The van der Waals surface area contributed by atoms with E-state index in [0.717, 1.165) is 22.4 Å². The molecule has 1 amide bonds. The van der Waals surface area contributed by atoms with E-state index in [1.807, 2.05) is 32.9 Å². The number of aromatic nitrogens is 4. The number of rotatable bonds is 6. The Morgan fingerprint density at radius 1 is 1.10 bits per heavy atom. The smallest absolute Gasteiger partial charge is 0.337 e. The molecule has 0 radical (unpaired) electrons. The van der Waals surface area contributed by atoms with E-state index in [4.69, 9.17) is 4.74 Å². The Kier molecular flexibility index (Phi) is 6.28. The van der Waals surface area contributed by atoms with Gasteiger partial charge in [0.2, 0.25) is 11.1 Å². The summed E-state index contributed by atoms with van der Waals surface area (Å²) >= 11 is 1.23. The highest BCUT2D eigenvalue weighted by Crippen LogP contribution is 2.22. The average molecular weight is 411 g/mol. The van der Waals surface area contributed by atoms with Gasteiger partial charge in [-0.25, -0.2) is 4.79 Å². The lowest BCUT2D eigenvalue weighted by Gasteiger charge is -2.10. The van der Waals surface area contributed by atoms with E-state index in [1.54, 1.807) is 22.9 Å². The van der Waals surface area contributed by atoms with Gasteiger partial charge in [-0.1, -0.05) is 35.5 Å². The minimum absolute atomic E-state index is 0.118. The number of anilines is 1. The number of nitrogens with zero attached hydrogens (tertiary/aromatic N) is 4. The van der Waals surface area contributed by atoms with E-state index >= 15 is 0 Å². The molecule has 0 bridgehead atoms. The van der Waals surface area contributed by atoms with Gasteiger partial charge in [0.1, 0.15) is 0 Å². The van der Waals surface area contributed by atoms with Crippen LogP contribution in [0.2, 0.25) is 0 Å². The molecule has 3 aromatic rings. The van der Waals surface area contributed by atoms with Crippen LogP contribution in [0.1, 0.15) is 27.0 Å². The number of aryl methyl sites for hydroxylation is 3. The second-order valence-corrected chi connectivity index (χ2v) is 7.46. The van der Waals surface area contributed by atoms with Crippen molar-refractivity contribution in [3.63, 3.8) is 0 Å². The Morgan fingerprint density at radius 2 is 1.90 bits per heavy atom. The van der Waals surface area contributed by atoms with Crippen molar-refractivity contribution in [2.45, 2.75) is 25.9 Å². The predicted octanol–water partition coefficient (Wildman–Crippen LogP) is 3.10. The van der Waals surface area contributed by atoms with Crippen molar-refractivity contribution in [1.29, 1.82) is 0 Å². The standard InChI is InChI=1S/C20H21N5O3S/c1-12-5-8-17(14(3)9-12)25-20(22-23-24-25)29-11-18(26)21-16-10-15(19(27)28-4)7-6-13(16)2/h5-10H,11H2,1-4H3,(H,21,26). The Hall–Kier alpha value is -3.20. The fourth-order valence-corrected chi connectivity index (χ4v) is 3.46. The maximum Gasteiger partial charge on any atom is 0.337 e. The van der Waals surface area contributed by atoms with Crippen molar-refractivity contribution < 1.29 is 14.3 Å². The molecule has 29 heavy (non-hydrogen) atoms. The van der Waals surface area contributed by atoms with Crippen LogP contribution < -0.4 is 5.32 Å². The van der Waals surface area contributed by atoms with Gasteiger partial charge in [0.25, 0.3) is 0 Å². The Labute approximate surface area is 172 Å². The molecule has 0 unspecified atom stereocenters. The van der Waals surface area contributed by atoms with Crippen LogP contribution in [-0.4, -0.2) is 44.9 Å². The lowest BCUT2D eigenvalue weighted by Crippen LogP contribution is -2.16. The lowest BCUT2D eigenvalue weighted by molar-refractivity contribution is -0.113. The molecule has 0 aliphatic rings. The van der Waals surface area contributed by atoms with Gasteiger partial charge >= 0.3 is 5.97 Å². The fraction of sp³-hybridized carbons (Fsp3) is 0.250. The zero-order valence-electron chi connectivity index (χ0n) is 16.6. The minimum Gasteiger partial charge on any atom is -0.465 e. The summed E-state index contributed by atoms with van der Waals surface area (Å²) < 4.78 is 6.34. The van der Waals surface area contributed by atoms with E-state index < -0.39 is 5.97 Å². The van der Waals surface area contributed by atoms with Crippen LogP contribution in [0.25, 0.3) is 5.69 Å². The van der Waals surface area contributed by atoms with Crippen LogP contribution in [0.5, 0.6) is 0 Å². The van der Waals surface area contributed by atoms with Crippen molar-refractivity contribution in [3.05, 3.63) is 58.7 Å². The molecular weight excluding hydrogens is 390 g/mol. The molecule has 0 saturated heterocycles. The fourth-order valence-electron chi connectivity index (χ4n) is 2.78. The number of carbonyl (C=O) groups is 2. The van der Waals surface area contributed by atoms with Crippen LogP contribution in [0.15, 0.2) is 41.6 Å². The molecule has 2 aromatic carbocycles. The summed E-state index contributed by atoms with van der Waals surface area (Å²) in [6, 6.07) is 11.0. The van der Waals surface area contributed by atoms with Crippen molar-refractivity contribution >= 4 is 29.3 Å². The van der Waals surface area contributed by atoms with E-state index in [2.05, 4.69) is 26.9 Å². The topological polar surface area (TPSA) is 99.0 Å². The number of amides is 1. The third-order valence-electron chi connectivity index (χ3n) is 4.29. The molecule has 8 nitrogen and oxygen atoms in total. The monoisotopic (exact) mass is 411 g/mol. The lowest BCUT2D eigenvalue weighted by atomic mass is 10.1. The molecule has 0 atom stereocenters. The number of hydrogen-bond donors (Lipinski definition) is 1. The highest BCUT2D eigenvalue weighted by atomic mass is 32.2. The van der Waals surface area contributed by atoms with Gasteiger partial charge in [0.15, 0.2) is 0 Å². The first-order chi connectivity index (χ1) is 13.9. The molecule has 1 heterocycles. The number of tetrazole rings is 1. The van der Waals surface area contributed by atoms with Gasteiger partial charge in [-0.15, -0.1) is 5.10 Å². The number of esters is 1. The number of benzene rings is 2. The summed E-state index contributed by atoms with van der Waals surface area (Å²) in [6.07, 6.45) is 0. The summed E-state index contributed by atoms with van der Waals surface area (Å²) in [4.78, 5) is 24.1. The molecule has 1 aromatic heterocycles. The largest absolute Gasteiger partial charge is 0.465 e. The summed E-state index contributed by atoms with van der Waals surface area (Å²) in [7, 11) is 1.32. The molecule has 150 valence electrons. The highest BCUT2D eigenvalue weighted by Gasteiger charge is 2.15. The molecule has 9 heteroatoms. The van der Waals surface area contributed by atoms with Gasteiger partial charge in [-0.05, 0) is 60.5 Å². The van der Waals surface area contributed by atoms with Crippen LogP contribution >= 0.6 is 11.8 Å². The van der Waals surface area contributed by atoms with Gasteiger partial charge < -0.3 is 10.1 Å². The predicted molar refractivity (Wildman–Crippen MR) is 111 cm³/mol. The zero-order chi connectivity index (χ0) is 21.0. The van der Waals surface area contributed by atoms with Crippen molar-refractivity contribution in [3.8, 4) is 5.69 Å². The Bertz CT molecular complexity index is 1060. The summed E-state index contributed by atoms with van der Waals surface area (Å²) in [5.74, 6) is -0.564. The zero-order valence-corrected chi connectivity index (χ0v) is 17.4. The molecule has 0 saturated carbocycles. The first-order valence-electron chi connectivity index (χ1n) is 8.86. The number of methoxy groups -OCH3 is 1. The second kappa shape index (κ2) is 8.87. The Balaban J connectivity index is 1.70. The average Bonchev–Trinajstić information content (AvgIpc) is 3.15. The second-order valence-electron chi connectivity index (χ2n) is 6.52. The molecule has 0 aliphatic heterocycles. The van der Waals surface area contributed by atoms with Crippen LogP contribution in [0.4, 0.5) is 5.69 Å². The molecule has 0 fully saturated rings. The quantitative estimate of drug-likeness (QED) is 0.491. The third kappa shape index (κ3) is 4.80. The Morgan fingerprint density at radius 3 is 2.62 bits per heavy atom. The normalized spacial score (nSPS) is 10.6. The van der Waals surface area contributed by atoms with Gasteiger partial charge in [0, 0.05) is 5.69 Å². The first kappa shape index (κ1) is 20.5. The molecule has 0 spiro atoms. The van der Waals surface area contributed by atoms with Crippen LogP contribution in [0.3, 0.4) is 0 Å². The van der Waals surface area contributed by atoms with E-state index in [9.17, 15) is 9.59 Å². The maximum atomic E-state index is 12.4. The number of nitrogens with one attached hydrogen (secondary N) is 1. The first-order valence-corrected chi connectivity index (χ1v) is 9.85. The third-order valence-corrected chi connectivity index (χ3v) is 5.21. The highest BCUT2D eigenvalue weighted by molar-refractivity contribution is 7.99. The summed E-state index contributed by atoms with van der Waals surface area (Å²) in [5, 5.41) is 15.2. The number of ether oxygens (including phenoxy) is 1. The molecule has 0 aliphatic carbocycles. The van der Waals surface area contributed by atoms with Gasteiger partial charge in [0.05, 0.1) is 24.1 Å². The van der Waals surface area contributed by atoms with Crippen molar-refractivity contribution in [2.75, 3.05) is 18.2 Å². The SMILES string of the molecule is COC(=O)c1ccc(C)c(NC(=O)CSc2nnnn2-c2ccc(C)cc2C)c1. The summed E-state index contributed by atoms with van der Waals surface area (Å²) in [6.45, 7) is 5.86. The summed E-state index contributed by atoms with van der Waals surface area (Å²) in [5.41, 5.74) is 4.84. The van der Waals surface area contributed by atoms with Crippen LogP contribution in [-0.2, 0) is 9.53 Å². The van der Waals surface area contributed by atoms with Crippen LogP contribution in [0, 0.1) is 20.8 Å². The van der Waals surface area contributed by atoms with E-state index in [1.165, 1.54) is 18.9 Å². The number of hydrogen-bond acceptors (Lipinski definition) is 7. The van der Waals surface area contributed by atoms with E-state index in [0.29, 0.717) is 16.4 Å². The molecular formula is C20H21N5O3S. The van der Waals surface area contributed by atoms with E-state index in [-0.39, 0.29) is 11.7 Å². The van der Waals surface area contributed by atoms with Gasteiger partial charge in [-0.2, -0.15) is 4.68 Å². The maximum absolute atomic E-state index is 12.4. The van der Waals surface area contributed by atoms with Crippen molar-refractivity contribution in [1.82, 2.24) is 20.2 Å². The minimum atomic E-state index is -0.456. The molecule has 1 N–H and O–H groups in total.